The topological polar surface area (TPSA) is 42.7 Å². The van der Waals surface area contributed by atoms with E-state index in [4.69, 9.17) is 0 Å². The van der Waals surface area contributed by atoms with Crippen LogP contribution in [0.4, 0.5) is 0 Å². The third-order valence-corrected chi connectivity index (χ3v) is 2.65. The minimum absolute atomic E-state index is 0. The number of nitrogens with one attached hydrogen (secondary N) is 1. The quantitative estimate of drug-likeness (QED) is 0.870. The molecular formula is C9H18Cl2N4. The summed E-state index contributed by atoms with van der Waals surface area (Å²) >= 11 is 0. The number of halogens is 2. The first kappa shape index (κ1) is 14.7. The molecule has 2 rings (SSSR count). The summed E-state index contributed by atoms with van der Waals surface area (Å²) in [5.74, 6) is 1.71. The van der Waals surface area contributed by atoms with Gasteiger partial charge in [0.05, 0.1) is 0 Å². The molecule has 0 aromatic carbocycles. The van der Waals surface area contributed by atoms with E-state index in [1.54, 1.807) is 0 Å². The molecule has 1 N–H and O–H groups in total. The molecule has 0 bridgehead atoms. The van der Waals surface area contributed by atoms with Gasteiger partial charge in [0.15, 0.2) is 0 Å². The second-order valence-electron chi connectivity index (χ2n) is 3.52. The second-order valence-corrected chi connectivity index (χ2v) is 3.52. The van der Waals surface area contributed by atoms with Crippen molar-refractivity contribution in [3.8, 4) is 0 Å². The fourth-order valence-electron chi connectivity index (χ4n) is 1.90. The summed E-state index contributed by atoms with van der Waals surface area (Å²) in [6.07, 6.45) is 4.32. The number of aromatic nitrogens is 3. The second kappa shape index (κ2) is 7.04. The Balaban J connectivity index is 0.000000980. The molecule has 1 fully saturated rings. The van der Waals surface area contributed by atoms with Crippen molar-refractivity contribution >= 4 is 24.8 Å². The third kappa shape index (κ3) is 3.33. The van der Waals surface area contributed by atoms with Crippen molar-refractivity contribution in [1.82, 2.24) is 20.1 Å². The molecule has 88 valence electrons. The number of hydrogen-bond acceptors (Lipinski definition) is 3. The molecule has 1 aliphatic rings. The van der Waals surface area contributed by atoms with E-state index in [-0.39, 0.29) is 24.8 Å². The van der Waals surface area contributed by atoms with Crippen LogP contribution in [0.3, 0.4) is 0 Å². The lowest BCUT2D eigenvalue weighted by Gasteiger charge is -2.21. The van der Waals surface area contributed by atoms with Gasteiger partial charge < -0.3 is 9.88 Å². The molecule has 0 saturated carbocycles. The normalized spacial score (nSPS) is 20.2. The van der Waals surface area contributed by atoms with E-state index in [0.29, 0.717) is 5.92 Å². The summed E-state index contributed by atoms with van der Waals surface area (Å²) in [6.45, 7) is 5.30. The molecule has 1 unspecified atom stereocenters. The third-order valence-electron chi connectivity index (χ3n) is 2.65. The Morgan fingerprint density at radius 3 is 2.93 bits per heavy atom. The number of hydrogen-bond donors (Lipinski definition) is 1. The lowest BCUT2D eigenvalue weighted by atomic mass is 9.99. The molecule has 0 amide bonds. The lowest BCUT2D eigenvalue weighted by Crippen LogP contribution is -2.30. The number of aryl methyl sites for hydroxylation is 1. The van der Waals surface area contributed by atoms with Gasteiger partial charge in [-0.05, 0) is 26.3 Å². The molecule has 15 heavy (non-hydrogen) atoms. The molecule has 0 radical (unpaired) electrons. The molecule has 4 nitrogen and oxygen atoms in total. The van der Waals surface area contributed by atoms with Gasteiger partial charge in [-0.1, -0.05) is 0 Å². The van der Waals surface area contributed by atoms with Crippen molar-refractivity contribution in [3.63, 3.8) is 0 Å². The Hall–Kier alpha value is -0.320. The van der Waals surface area contributed by atoms with E-state index in [2.05, 4.69) is 27.0 Å². The summed E-state index contributed by atoms with van der Waals surface area (Å²) in [6, 6.07) is 0. The van der Waals surface area contributed by atoms with Crippen LogP contribution in [0.15, 0.2) is 6.33 Å². The Kier molecular flexibility index (Phi) is 6.89. The fourth-order valence-corrected chi connectivity index (χ4v) is 1.90. The van der Waals surface area contributed by atoms with Crippen molar-refractivity contribution in [1.29, 1.82) is 0 Å². The zero-order valence-electron chi connectivity index (χ0n) is 8.85. The predicted molar refractivity (Wildman–Crippen MR) is 65.0 cm³/mol. The van der Waals surface area contributed by atoms with E-state index >= 15 is 0 Å². The summed E-state index contributed by atoms with van der Waals surface area (Å²) in [5.41, 5.74) is 0. The largest absolute Gasteiger partial charge is 0.318 e. The van der Waals surface area contributed by atoms with Gasteiger partial charge in [-0.25, -0.2) is 0 Å². The zero-order valence-corrected chi connectivity index (χ0v) is 10.5. The van der Waals surface area contributed by atoms with Gasteiger partial charge in [0.25, 0.3) is 0 Å². The highest BCUT2D eigenvalue weighted by atomic mass is 35.5. The van der Waals surface area contributed by atoms with Crippen LogP contribution < -0.4 is 5.32 Å². The van der Waals surface area contributed by atoms with Crippen molar-refractivity contribution in [3.05, 3.63) is 12.2 Å². The number of rotatable bonds is 2. The zero-order chi connectivity index (χ0) is 9.10. The summed E-state index contributed by atoms with van der Waals surface area (Å²) < 4.78 is 2.14. The van der Waals surface area contributed by atoms with Crippen LogP contribution in [0.1, 0.15) is 31.5 Å². The standard InChI is InChI=1S/C9H16N4.2ClH/c1-2-13-7-11-12-9(13)8-4-3-5-10-6-8;;/h7-8,10H,2-6H2,1H3;2*1H. The van der Waals surface area contributed by atoms with Crippen LogP contribution >= 0.6 is 24.8 Å². The molecule has 1 saturated heterocycles. The highest BCUT2D eigenvalue weighted by molar-refractivity contribution is 5.85. The smallest absolute Gasteiger partial charge is 0.137 e. The lowest BCUT2D eigenvalue weighted by molar-refractivity contribution is 0.433. The van der Waals surface area contributed by atoms with Crippen LogP contribution in [-0.4, -0.2) is 27.9 Å². The van der Waals surface area contributed by atoms with E-state index < -0.39 is 0 Å². The predicted octanol–water partition coefficient (Wildman–Crippen LogP) is 1.61. The summed E-state index contributed by atoms with van der Waals surface area (Å²) in [5, 5.41) is 11.5. The number of piperidine rings is 1. The number of nitrogens with zero attached hydrogens (tertiary/aromatic N) is 3. The maximum atomic E-state index is 4.18. The molecular weight excluding hydrogens is 235 g/mol. The minimum atomic E-state index is 0. The minimum Gasteiger partial charge on any atom is -0.318 e. The van der Waals surface area contributed by atoms with Gasteiger partial charge >= 0.3 is 0 Å². The van der Waals surface area contributed by atoms with Crippen LogP contribution in [0.25, 0.3) is 0 Å². The van der Waals surface area contributed by atoms with Crippen LogP contribution in [0.2, 0.25) is 0 Å². The maximum absolute atomic E-state index is 4.18. The molecule has 0 spiro atoms. The van der Waals surface area contributed by atoms with Gasteiger partial charge in [0.1, 0.15) is 12.2 Å². The Morgan fingerprint density at radius 1 is 1.53 bits per heavy atom. The van der Waals surface area contributed by atoms with Crippen LogP contribution in [-0.2, 0) is 6.54 Å². The first-order chi connectivity index (χ1) is 6.42. The molecule has 2 heterocycles. The Labute approximate surface area is 103 Å². The average molecular weight is 253 g/mol. The van der Waals surface area contributed by atoms with Crippen LogP contribution in [0.5, 0.6) is 0 Å². The molecule has 0 aliphatic carbocycles. The molecule has 1 aliphatic heterocycles. The van der Waals surface area contributed by atoms with E-state index in [0.717, 1.165) is 25.5 Å². The van der Waals surface area contributed by atoms with Gasteiger partial charge in [-0.3, -0.25) is 0 Å². The first-order valence-electron chi connectivity index (χ1n) is 5.00. The monoisotopic (exact) mass is 252 g/mol. The average Bonchev–Trinajstić information content (AvgIpc) is 2.67. The molecule has 1 aromatic rings. The fraction of sp³-hybridized carbons (Fsp3) is 0.778. The van der Waals surface area contributed by atoms with Gasteiger partial charge in [-0.15, -0.1) is 35.0 Å². The SMILES string of the molecule is CCn1cnnc1C1CCCNC1.Cl.Cl. The summed E-state index contributed by atoms with van der Waals surface area (Å²) in [7, 11) is 0. The Morgan fingerprint density at radius 2 is 2.33 bits per heavy atom. The van der Waals surface area contributed by atoms with Crippen molar-refractivity contribution < 1.29 is 0 Å². The van der Waals surface area contributed by atoms with Gasteiger partial charge in [0, 0.05) is 19.0 Å². The maximum Gasteiger partial charge on any atom is 0.137 e. The first-order valence-corrected chi connectivity index (χ1v) is 5.00. The van der Waals surface area contributed by atoms with E-state index in [1.165, 1.54) is 12.8 Å². The van der Waals surface area contributed by atoms with Gasteiger partial charge in [0.2, 0.25) is 0 Å². The van der Waals surface area contributed by atoms with Gasteiger partial charge in [-0.2, -0.15) is 0 Å². The van der Waals surface area contributed by atoms with E-state index in [9.17, 15) is 0 Å². The van der Waals surface area contributed by atoms with Crippen molar-refractivity contribution in [2.45, 2.75) is 32.2 Å². The van der Waals surface area contributed by atoms with Crippen molar-refractivity contribution in [2.24, 2.45) is 0 Å². The molecule has 1 atom stereocenters. The molecule has 1 aromatic heterocycles. The molecule has 6 heteroatoms. The summed E-state index contributed by atoms with van der Waals surface area (Å²) in [4.78, 5) is 0. The highest BCUT2D eigenvalue weighted by Crippen LogP contribution is 2.20. The Bertz CT molecular complexity index is 271. The van der Waals surface area contributed by atoms with E-state index in [1.807, 2.05) is 6.33 Å². The van der Waals surface area contributed by atoms with Crippen molar-refractivity contribution in [2.75, 3.05) is 13.1 Å². The highest BCUT2D eigenvalue weighted by Gasteiger charge is 2.19. The van der Waals surface area contributed by atoms with Crippen LogP contribution in [0, 0.1) is 0 Å².